The molecular weight excluding hydrogens is 400 g/mol. The van der Waals surface area contributed by atoms with E-state index >= 15 is 0 Å². The fraction of sp³-hybridized carbons (Fsp3) is 0.211. The van der Waals surface area contributed by atoms with Gasteiger partial charge in [0, 0.05) is 37.1 Å². The molecule has 3 rings (SSSR count). The van der Waals surface area contributed by atoms with E-state index in [1.165, 1.54) is 6.07 Å². The van der Waals surface area contributed by atoms with Crippen molar-refractivity contribution in [1.29, 1.82) is 0 Å². The Morgan fingerprint density at radius 2 is 1.86 bits per heavy atom. The summed E-state index contributed by atoms with van der Waals surface area (Å²) in [6.07, 6.45) is 4.53. The number of nitrogens with zero attached hydrogens (tertiary/aromatic N) is 3. The second-order valence-corrected chi connectivity index (χ2v) is 6.59. The molecule has 1 aliphatic heterocycles. The Morgan fingerprint density at radius 3 is 2.48 bits per heavy atom. The van der Waals surface area contributed by atoms with E-state index in [0.717, 1.165) is 29.9 Å². The lowest BCUT2D eigenvalue weighted by Crippen LogP contribution is -2.09. The molecule has 2 heterocycles. The number of nitrogens with one attached hydrogen (secondary N) is 3. The molecule has 152 valence electrons. The molecule has 0 unspecified atom stereocenters. The van der Waals surface area contributed by atoms with Crippen LogP contribution in [0.3, 0.4) is 0 Å². The third-order valence-corrected chi connectivity index (χ3v) is 4.39. The van der Waals surface area contributed by atoms with Crippen molar-refractivity contribution < 1.29 is 8.78 Å². The SMILES string of the molecule is CCC1=C(NC)N=CC=C(Nc2c(F)cc(Nc3cc(Cl)nc(N)n3)cc2F)C1. The summed E-state index contributed by atoms with van der Waals surface area (Å²) in [5.74, 6) is -0.607. The standard InChI is InChI=1S/C19H20ClF2N7/c1-3-10-6-11(4-5-25-18(10)24-2)27-17-13(21)7-12(8-14(17)22)26-16-9-15(20)28-19(23)29-16/h4-5,7-9,24,27H,3,6H2,1-2H3,(H3,23,26,28,29). The molecule has 2 aromatic rings. The number of hydrogen-bond donors (Lipinski definition) is 4. The fourth-order valence-corrected chi connectivity index (χ4v) is 3.05. The van der Waals surface area contributed by atoms with Gasteiger partial charge in [0.15, 0.2) is 11.6 Å². The van der Waals surface area contributed by atoms with Crippen molar-refractivity contribution in [1.82, 2.24) is 15.3 Å². The van der Waals surface area contributed by atoms with E-state index in [0.29, 0.717) is 12.1 Å². The summed E-state index contributed by atoms with van der Waals surface area (Å²) in [6.45, 7) is 2.00. The first kappa shape index (κ1) is 20.5. The summed E-state index contributed by atoms with van der Waals surface area (Å²) in [5, 5.41) is 8.74. The highest BCUT2D eigenvalue weighted by molar-refractivity contribution is 6.29. The summed E-state index contributed by atoms with van der Waals surface area (Å²) in [4.78, 5) is 12.0. The van der Waals surface area contributed by atoms with E-state index in [1.807, 2.05) is 6.92 Å². The van der Waals surface area contributed by atoms with Crippen LogP contribution in [0.15, 0.2) is 46.4 Å². The van der Waals surface area contributed by atoms with E-state index in [2.05, 4.69) is 30.9 Å². The van der Waals surface area contributed by atoms with Crippen molar-refractivity contribution >= 4 is 41.0 Å². The van der Waals surface area contributed by atoms with Gasteiger partial charge < -0.3 is 21.7 Å². The molecule has 1 aromatic heterocycles. The minimum Gasteiger partial charge on any atom is -0.373 e. The predicted molar refractivity (Wildman–Crippen MR) is 112 cm³/mol. The molecule has 0 atom stereocenters. The van der Waals surface area contributed by atoms with Crippen molar-refractivity contribution in [3.05, 3.63) is 58.2 Å². The Hall–Kier alpha value is -3.20. The second-order valence-electron chi connectivity index (χ2n) is 6.20. The van der Waals surface area contributed by atoms with Crippen molar-refractivity contribution in [3.8, 4) is 0 Å². The Bertz CT molecular complexity index is 974. The average molecular weight is 420 g/mol. The minimum atomic E-state index is -0.765. The number of benzene rings is 1. The Morgan fingerprint density at radius 1 is 1.14 bits per heavy atom. The molecule has 0 aliphatic carbocycles. The third-order valence-electron chi connectivity index (χ3n) is 4.19. The molecule has 29 heavy (non-hydrogen) atoms. The Labute approximate surface area is 171 Å². The summed E-state index contributed by atoms with van der Waals surface area (Å²) in [7, 11) is 1.78. The van der Waals surface area contributed by atoms with Crippen LogP contribution in [0.1, 0.15) is 19.8 Å². The fourth-order valence-electron chi connectivity index (χ4n) is 2.86. The highest BCUT2D eigenvalue weighted by atomic mass is 35.5. The summed E-state index contributed by atoms with van der Waals surface area (Å²) in [6, 6.07) is 3.70. The number of aliphatic imine (C=N–C) groups is 1. The van der Waals surface area contributed by atoms with Gasteiger partial charge in [-0.2, -0.15) is 4.98 Å². The van der Waals surface area contributed by atoms with E-state index in [9.17, 15) is 8.78 Å². The van der Waals surface area contributed by atoms with Gasteiger partial charge in [0.25, 0.3) is 0 Å². The minimum absolute atomic E-state index is 0.0538. The monoisotopic (exact) mass is 419 g/mol. The van der Waals surface area contributed by atoms with Gasteiger partial charge >= 0.3 is 0 Å². The zero-order valence-electron chi connectivity index (χ0n) is 15.9. The topological polar surface area (TPSA) is 100 Å². The van der Waals surface area contributed by atoms with E-state index in [-0.39, 0.29) is 28.3 Å². The van der Waals surface area contributed by atoms with Crippen LogP contribution in [0.4, 0.5) is 31.9 Å². The quantitative estimate of drug-likeness (QED) is 0.519. The van der Waals surface area contributed by atoms with Crippen molar-refractivity contribution in [2.24, 2.45) is 4.99 Å². The molecule has 1 aliphatic rings. The third kappa shape index (κ3) is 5.00. The van der Waals surface area contributed by atoms with Crippen LogP contribution in [-0.4, -0.2) is 23.2 Å². The molecule has 0 bridgehead atoms. The van der Waals surface area contributed by atoms with Crippen LogP contribution < -0.4 is 21.7 Å². The normalized spacial score (nSPS) is 13.8. The van der Waals surface area contributed by atoms with E-state index in [4.69, 9.17) is 17.3 Å². The van der Waals surface area contributed by atoms with Gasteiger partial charge in [-0.1, -0.05) is 18.5 Å². The second kappa shape index (κ2) is 8.87. The largest absolute Gasteiger partial charge is 0.373 e. The number of nitrogens with two attached hydrogens (primary N) is 1. The molecule has 10 heteroatoms. The van der Waals surface area contributed by atoms with Gasteiger partial charge in [-0.15, -0.1) is 0 Å². The summed E-state index contributed by atoms with van der Waals surface area (Å²) < 4.78 is 29.3. The molecule has 0 saturated carbocycles. The van der Waals surface area contributed by atoms with E-state index in [1.54, 1.807) is 19.3 Å². The number of hydrogen-bond acceptors (Lipinski definition) is 7. The first-order valence-electron chi connectivity index (χ1n) is 8.85. The average Bonchev–Trinajstić information content (AvgIpc) is 2.85. The van der Waals surface area contributed by atoms with Crippen molar-refractivity contribution in [2.75, 3.05) is 23.4 Å². The van der Waals surface area contributed by atoms with Gasteiger partial charge in [-0.05, 0) is 30.2 Å². The van der Waals surface area contributed by atoms with Crippen LogP contribution in [0.5, 0.6) is 0 Å². The summed E-state index contributed by atoms with van der Waals surface area (Å²) >= 11 is 5.82. The number of rotatable bonds is 6. The molecule has 0 amide bonds. The predicted octanol–water partition coefficient (Wildman–Crippen LogP) is 4.35. The lowest BCUT2D eigenvalue weighted by molar-refractivity contribution is 0.590. The van der Waals surface area contributed by atoms with Gasteiger partial charge in [0.1, 0.15) is 22.5 Å². The lowest BCUT2D eigenvalue weighted by Gasteiger charge is -2.15. The smallest absolute Gasteiger partial charge is 0.223 e. The molecule has 1 aromatic carbocycles. The molecule has 0 spiro atoms. The molecule has 7 nitrogen and oxygen atoms in total. The van der Waals surface area contributed by atoms with Gasteiger partial charge in [-0.25, -0.2) is 18.8 Å². The molecule has 0 fully saturated rings. The van der Waals surface area contributed by atoms with Crippen LogP contribution in [0.25, 0.3) is 0 Å². The van der Waals surface area contributed by atoms with Crippen LogP contribution in [0, 0.1) is 11.6 Å². The number of halogens is 3. The number of anilines is 4. The number of nitrogen functional groups attached to an aromatic ring is 1. The highest BCUT2D eigenvalue weighted by Gasteiger charge is 2.16. The maximum atomic E-state index is 14.6. The van der Waals surface area contributed by atoms with Crippen LogP contribution >= 0.6 is 11.6 Å². The lowest BCUT2D eigenvalue weighted by atomic mass is 10.1. The highest BCUT2D eigenvalue weighted by Crippen LogP contribution is 2.29. The molecular formula is C19H20ClF2N7. The molecule has 0 saturated heterocycles. The zero-order chi connectivity index (χ0) is 21.0. The maximum Gasteiger partial charge on any atom is 0.223 e. The number of allylic oxidation sites excluding steroid dienone is 2. The van der Waals surface area contributed by atoms with Crippen LogP contribution in [0.2, 0.25) is 5.15 Å². The van der Waals surface area contributed by atoms with Crippen molar-refractivity contribution in [2.45, 2.75) is 19.8 Å². The first-order valence-corrected chi connectivity index (χ1v) is 9.23. The van der Waals surface area contributed by atoms with Gasteiger partial charge in [0.2, 0.25) is 5.95 Å². The maximum absolute atomic E-state index is 14.6. The number of aromatic nitrogens is 2. The first-order chi connectivity index (χ1) is 13.9. The van der Waals surface area contributed by atoms with Crippen LogP contribution in [-0.2, 0) is 0 Å². The molecule has 0 radical (unpaired) electrons. The zero-order valence-corrected chi connectivity index (χ0v) is 16.6. The van der Waals surface area contributed by atoms with Crippen molar-refractivity contribution in [3.63, 3.8) is 0 Å². The summed E-state index contributed by atoms with van der Waals surface area (Å²) in [5.41, 5.74) is 7.09. The Balaban J connectivity index is 1.82. The Kier molecular flexibility index (Phi) is 6.28. The van der Waals surface area contributed by atoms with Gasteiger partial charge in [-0.3, -0.25) is 0 Å². The van der Waals surface area contributed by atoms with Gasteiger partial charge in [0.05, 0.1) is 0 Å². The van der Waals surface area contributed by atoms with E-state index < -0.39 is 11.6 Å². The molecule has 5 N–H and O–H groups in total.